The Morgan fingerprint density at radius 3 is 3.04 bits per heavy atom. The zero-order chi connectivity index (χ0) is 17.6. The highest BCUT2D eigenvalue weighted by Crippen LogP contribution is 2.30. The first kappa shape index (κ1) is 15.6. The molecule has 0 saturated carbocycles. The van der Waals surface area contributed by atoms with Gasteiger partial charge in [0.05, 0.1) is 11.3 Å². The molecule has 25 heavy (non-hydrogen) atoms. The molecule has 128 valence electrons. The maximum atomic E-state index is 12.4. The minimum Gasteiger partial charge on any atom is -0.348 e. The van der Waals surface area contributed by atoms with Crippen molar-refractivity contribution in [3.05, 3.63) is 57.6 Å². The number of carbonyl (C=O) groups is 1. The normalized spacial score (nSPS) is 16.6. The summed E-state index contributed by atoms with van der Waals surface area (Å²) in [5.41, 5.74) is 2.62. The Labute approximate surface area is 143 Å². The molecule has 4 rings (SSSR count). The lowest BCUT2D eigenvalue weighted by Crippen LogP contribution is -2.19. The molecule has 0 aromatic carbocycles. The van der Waals surface area contributed by atoms with E-state index < -0.39 is 0 Å². The average Bonchev–Trinajstić information content (AvgIpc) is 3.24. The summed E-state index contributed by atoms with van der Waals surface area (Å²) < 4.78 is 6.78. The predicted molar refractivity (Wildman–Crippen MR) is 90.6 cm³/mol. The van der Waals surface area contributed by atoms with Gasteiger partial charge in [0.25, 0.3) is 11.3 Å². The van der Waals surface area contributed by atoms with Crippen molar-refractivity contribution >= 4 is 5.78 Å². The van der Waals surface area contributed by atoms with Gasteiger partial charge in [-0.25, -0.2) is 0 Å². The molecule has 3 heterocycles. The van der Waals surface area contributed by atoms with Gasteiger partial charge in [-0.3, -0.25) is 9.59 Å². The van der Waals surface area contributed by atoms with Gasteiger partial charge < -0.3 is 14.1 Å². The first-order valence-electron chi connectivity index (χ1n) is 8.31. The largest absolute Gasteiger partial charge is 0.348 e. The Hall–Kier alpha value is -2.96. The van der Waals surface area contributed by atoms with E-state index in [1.807, 2.05) is 6.07 Å². The zero-order valence-corrected chi connectivity index (χ0v) is 14.1. The molecule has 7 nitrogen and oxygen atoms in total. The third-order valence-corrected chi connectivity index (χ3v) is 4.77. The zero-order valence-electron chi connectivity index (χ0n) is 14.1. The second-order valence-corrected chi connectivity index (χ2v) is 6.50. The third kappa shape index (κ3) is 2.61. The minimum atomic E-state index is -0.366. The second-order valence-electron chi connectivity index (χ2n) is 6.50. The van der Waals surface area contributed by atoms with Gasteiger partial charge in [-0.1, -0.05) is 12.1 Å². The minimum absolute atomic E-state index is 0.123. The molecule has 3 aromatic heterocycles. The van der Waals surface area contributed by atoms with Crippen molar-refractivity contribution in [1.29, 1.82) is 0 Å². The van der Waals surface area contributed by atoms with Crippen LogP contribution in [0.4, 0.5) is 0 Å². The Morgan fingerprint density at radius 2 is 2.28 bits per heavy atom. The smallest absolute Gasteiger partial charge is 0.300 e. The fourth-order valence-corrected chi connectivity index (χ4v) is 3.37. The summed E-state index contributed by atoms with van der Waals surface area (Å²) in [6.07, 6.45) is 4.83. The molecule has 0 spiro atoms. The van der Waals surface area contributed by atoms with Gasteiger partial charge in [0.15, 0.2) is 0 Å². The van der Waals surface area contributed by atoms with E-state index in [-0.39, 0.29) is 23.1 Å². The second kappa shape index (κ2) is 5.84. The number of hydrogen-bond donors (Lipinski definition) is 1. The van der Waals surface area contributed by atoms with Crippen LogP contribution in [0.3, 0.4) is 0 Å². The van der Waals surface area contributed by atoms with Crippen molar-refractivity contribution in [2.75, 3.05) is 0 Å². The van der Waals surface area contributed by atoms with Crippen LogP contribution in [0.25, 0.3) is 11.4 Å². The van der Waals surface area contributed by atoms with Gasteiger partial charge in [0.2, 0.25) is 5.82 Å². The molecule has 0 radical (unpaired) electrons. The Morgan fingerprint density at radius 1 is 1.44 bits per heavy atom. The molecule has 0 amide bonds. The molecule has 1 unspecified atom stereocenters. The summed E-state index contributed by atoms with van der Waals surface area (Å²) in [4.78, 5) is 32.0. The first-order valence-corrected chi connectivity index (χ1v) is 8.31. The molecule has 0 fully saturated rings. The molecule has 0 aliphatic heterocycles. The Bertz CT molecular complexity index is 1010. The van der Waals surface area contributed by atoms with Gasteiger partial charge in [-0.2, -0.15) is 4.98 Å². The van der Waals surface area contributed by atoms with Gasteiger partial charge in [0.1, 0.15) is 0 Å². The fraction of sp³-hybridized carbons (Fsp3) is 0.333. The van der Waals surface area contributed by atoms with Crippen LogP contribution in [0.5, 0.6) is 0 Å². The molecular weight excluding hydrogens is 320 g/mol. The number of nitrogens with one attached hydrogen (secondary N) is 1. The van der Waals surface area contributed by atoms with Gasteiger partial charge in [-0.15, -0.1) is 0 Å². The number of ketones is 1. The molecule has 0 bridgehead atoms. The van der Waals surface area contributed by atoms with E-state index in [9.17, 15) is 9.59 Å². The Balaban J connectivity index is 1.72. The van der Waals surface area contributed by atoms with Crippen LogP contribution in [-0.2, 0) is 13.5 Å². The summed E-state index contributed by atoms with van der Waals surface area (Å²) in [5, 5.41) is 3.84. The van der Waals surface area contributed by atoms with E-state index in [1.165, 1.54) is 0 Å². The highest BCUT2D eigenvalue weighted by molar-refractivity contribution is 6.04. The van der Waals surface area contributed by atoms with Crippen LogP contribution in [0.1, 0.15) is 53.3 Å². The van der Waals surface area contributed by atoms with E-state index in [0.717, 1.165) is 30.5 Å². The molecule has 1 atom stereocenters. The number of aromatic amines is 1. The molecule has 1 aliphatic carbocycles. The predicted octanol–water partition coefficient (Wildman–Crippen LogP) is 2.43. The number of aromatic nitrogens is 4. The van der Waals surface area contributed by atoms with Crippen LogP contribution < -0.4 is 5.56 Å². The van der Waals surface area contributed by atoms with E-state index >= 15 is 0 Å². The monoisotopic (exact) mass is 338 g/mol. The molecule has 3 aromatic rings. The summed E-state index contributed by atoms with van der Waals surface area (Å²) in [5.74, 6) is -0.0124. The van der Waals surface area contributed by atoms with Crippen LogP contribution in [0.15, 0.2) is 33.7 Å². The SMILES string of the molecule is CC1CCCc2cc(-c3noc(C(=O)c4cccn4C)n3)c(=O)[nH]c21. The van der Waals surface area contributed by atoms with Crippen molar-refractivity contribution in [2.45, 2.75) is 32.1 Å². The summed E-state index contributed by atoms with van der Waals surface area (Å²) in [7, 11) is 1.76. The maximum absolute atomic E-state index is 12.4. The third-order valence-electron chi connectivity index (χ3n) is 4.77. The number of nitrogens with zero attached hydrogens (tertiary/aromatic N) is 3. The topological polar surface area (TPSA) is 93.8 Å². The van der Waals surface area contributed by atoms with Gasteiger partial charge in [-0.05, 0) is 48.9 Å². The quantitative estimate of drug-likeness (QED) is 0.740. The van der Waals surface area contributed by atoms with Crippen molar-refractivity contribution < 1.29 is 9.32 Å². The Kier molecular flexibility index (Phi) is 3.63. The highest BCUT2D eigenvalue weighted by Gasteiger charge is 2.24. The fourth-order valence-electron chi connectivity index (χ4n) is 3.37. The van der Waals surface area contributed by atoms with Crippen molar-refractivity contribution in [3.63, 3.8) is 0 Å². The lowest BCUT2D eigenvalue weighted by atomic mass is 9.87. The van der Waals surface area contributed by atoms with Crippen molar-refractivity contribution in [3.8, 4) is 11.4 Å². The number of aryl methyl sites for hydroxylation is 2. The van der Waals surface area contributed by atoms with E-state index in [4.69, 9.17) is 4.52 Å². The van der Waals surface area contributed by atoms with E-state index in [0.29, 0.717) is 17.2 Å². The summed E-state index contributed by atoms with van der Waals surface area (Å²) >= 11 is 0. The maximum Gasteiger partial charge on any atom is 0.300 e. The number of carbonyl (C=O) groups excluding carboxylic acids is 1. The molecule has 1 aliphatic rings. The molecular formula is C18H18N4O3. The lowest BCUT2D eigenvalue weighted by Gasteiger charge is -2.21. The van der Waals surface area contributed by atoms with Crippen LogP contribution in [0, 0.1) is 0 Å². The van der Waals surface area contributed by atoms with Crippen LogP contribution in [-0.4, -0.2) is 25.5 Å². The van der Waals surface area contributed by atoms with Crippen molar-refractivity contribution in [1.82, 2.24) is 19.7 Å². The van der Waals surface area contributed by atoms with Gasteiger partial charge in [0, 0.05) is 18.9 Å². The number of pyridine rings is 1. The molecule has 7 heteroatoms. The summed E-state index contributed by atoms with van der Waals surface area (Å²) in [6.45, 7) is 2.11. The molecule has 1 N–H and O–H groups in total. The first-order chi connectivity index (χ1) is 12.0. The van der Waals surface area contributed by atoms with E-state index in [1.54, 1.807) is 29.9 Å². The lowest BCUT2D eigenvalue weighted by molar-refractivity contribution is 0.0986. The average molecular weight is 338 g/mol. The van der Waals surface area contributed by atoms with Gasteiger partial charge >= 0.3 is 5.89 Å². The number of hydrogen-bond acceptors (Lipinski definition) is 5. The highest BCUT2D eigenvalue weighted by atomic mass is 16.5. The number of H-pyrrole nitrogens is 1. The van der Waals surface area contributed by atoms with E-state index in [2.05, 4.69) is 22.0 Å². The summed E-state index contributed by atoms with van der Waals surface area (Å²) in [6, 6.07) is 5.27. The van der Waals surface area contributed by atoms with Crippen LogP contribution >= 0.6 is 0 Å². The number of fused-ring (bicyclic) bond motifs is 1. The van der Waals surface area contributed by atoms with Crippen molar-refractivity contribution in [2.24, 2.45) is 7.05 Å². The number of rotatable bonds is 3. The molecule has 0 saturated heterocycles. The standard InChI is InChI=1S/C18H18N4O3/c1-10-5-3-6-11-9-12(17(24)19-14(10)11)16-20-18(25-21-16)15(23)13-7-4-8-22(13)2/h4,7-10H,3,5-6H2,1-2H3,(H,19,24). The van der Waals surface area contributed by atoms with Crippen LogP contribution in [0.2, 0.25) is 0 Å².